The van der Waals surface area contributed by atoms with E-state index < -0.39 is 0 Å². The molecule has 10 aromatic carbocycles. The first-order valence-corrected chi connectivity index (χ1v) is 19.8. The van der Waals surface area contributed by atoms with E-state index in [0.717, 1.165) is 49.7 Å². The van der Waals surface area contributed by atoms with Crippen LogP contribution in [0, 0.1) is 0 Å². The summed E-state index contributed by atoms with van der Waals surface area (Å²) in [5, 5.41) is 15.5. The van der Waals surface area contributed by atoms with Gasteiger partial charge in [0.05, 0.1) is 39.0 Å². The second-order valence-corrected chi connectivity index (χ2v) is 15.4. The van der Waals surface area contributed by atoms with Gasteiger partial charge in [0.25, 0.3) is 0 Å². The first-order valence-electron chi connectivity index (χ1n) is 19.8. The fourth-order valence-electron chi connectivity index (χ4n) is 9.65. The lowest BCUT2D eigenvalue weighted by molar-refractivity contribution is 1.01. The largest absolute Gasteiger partial charge is 0.308 e. The summed E-state index contributed by atoms with van der Waals surface area (Å²) >= 11 is 0. The van der Waals surface area contributed by atoms with Gasteiger partial charge in [-0.3, -0.25) is 4.57 Å². The molecule has 0 amide bonds. The lowest BCUT2D eigenvalue weighted by Gasteiger charge is -2.14. The van der Waals surface area contributed by atoms with Crippen molar-refractivity contribution in [3.8, 4) is 22.9 Å². The number of aromatic nitrogens is 4. The molecule has 0 saturated heterocycles. The van der Waals surface area contributed by atoms with Crippen molar-refractivity contribution >= 4 is 97.6 Å². The Morgan fingerprint density at radius 3 is 1.79 bits per heavy atom. The lowest BCUT2D eigenvalue weighted by Crippen LogP contribution is -2.04. The molecule has 13 rings (SSSR count). The van der Waals surface area contributed by atoms with Gasteiger partial charge in [0.1, 0.15) is 0 Å². The third-order valence-corrected chi connectivity index (χ3v) is 12.2. The Balaban J connectivity index is 1.16. The molecule has 0 aliphatic carbocycles. The van der Waals surface area contributed by atoms with Crippen LogP contribution in [0.5, 0.6) is 0 Å². The van der Waals surface area contributed by atoms with Gasteiger partial charge >= 0.3 is 0 Å². The highest BCUT2D eigenvalue weighted by Gasteiger charge is 2.23. The zero-order chi connectivity index (χ0) is 37.9. The molecular weight excluding hydrogens is 705 g/mol. The van der Waals surface area contributed by atoms with E-state index in [1.165, 1.54) is 64.9 Å². The fraction of sp³-hybridized carbons (Fsp3) is 0. The van der Waals surface area contributed by atoms with Crippen LogP contribution in [0.15, 0.2) is 194 Å². The normalized spacial score (nSPS) is 12.1. The van der Waals surface area contributed by atoms with Crippen molar-refractivity contribution in [3.63, 3.8) is 0 Å². The monoisotopic (exact) mass is 736 g/mol. The van der Waals surface area contributed by atoms with E-state index in [2.05, 4.69) is 203 Å². The standard InChI is InChI=1S/C54H32N4/c1-2-15-37-32-50-45(30-36(37)14-1)51-48(57-47-21-10-8-18-41(47)42-29-28-34-13-4-6-17-40(34)53(42)57)22-11-23-49(51)58(50)54-55-46-20-9-7-19-43(46)52(56-54)38-27-26-35-25-24-33-12-3-5-16-39(33)44(35)31-38/h1-32H. The number of benzene rings is 10. The maximum atomic E-state index is 5.56. The second kappa shape index (κ2) is 11.8. The van der Waals surface area contributed by atoms with E-state index in [0.29, 0.717) is 5.95 Å². The first kappa shape index (κ1) is 31.4. The van der Waals surface area contributed by atoms with E-state index in [-0.39, 0.29) is 0 Å². The third-order valence-electron chi connectivity index (χ3n) is 12.2. The first-order chi connectivity index (χ1) is 28.8. The molecule has 0 spiro atoms. The van der Waals surface area contributed by atoms with Gasteiger partial charge in [-0.15, -0.1) is 0 Å². The highest BCUT2D eigenvalue weighted by molar-refractivity contribution is 6.22. The van der Waals surface area contributed by atoms with Crippen molar-refractivity contribution in [2.75, 3.05) is 0 Å². The van der Waals surface area contributed by atoms with Crippen LogP contribution in [0.4, 0.5) is 0 Å². The fourth-order valence-corrected chi connectivity index (χ4v) is 9.65. The maximum absolute atomic E-state index is 5.56. The average molecular weight is 737 g/mol. The minimum Gasteiger partial charge on any atom is -0.308 e. The van der Waals surface area contributed by atoms with Gasteiger partial charge in [-0.2, -0.15) is 0 Å². The molecular formula is C54H32N4. The minimum atomic E-state index is 0.645. The van der Waals surface area contributed by atoms with E-state index in [4.69, 9.17) is 9.97 Å². The molecule has 0 aliphatic rings. The highest BCUT2D eigenvalue weighted by atomic mass is 15.2. The number of nitrogens with zero attached hydrogens (tertiary/aromatic N) is 4. The highest BCUT2D eigenvalue weighted by Crippen LogP contribution is 2.43. The van der Waals surface area contributed by atoms with Gasteiger partial charge in [0.2, 0.25) is 5.95 Å². The van der Waals surface area contributed by atoms with Crippen LogP contribution in [0.2, 0.25) is 0 Å². The Labute approximate surface area is 332 Å². The molecule has 0 unspecified atom stereocenters. The maximum Gasteiger partial charge on any atom is 0.235 e. The summed E-state index contributed by atoms with van der Waals surface area (Å²) in [5.74, 6) is 0.645. The average Bonchev–Trinajstić information content (AvgIpc) is 3.80. The molecule has 0 fully saturated rings. The van der Waals surface area contributed by atoms with Gasteiger partial charge in [-0.25, -0.2) is 9.97 Å². The second-order valence-electron chi connectivity index (χ2n) is 15.4. The molecule has 13 aromatic rings. The molecule has 3 heterocycles. The molecule has 0 bridgehead atoms. The van der Waals surface area contributed by atoms with Gasteiger partial charge in [0.15, 0.2) is 0 Å². The SMILES string of the molecule is c1ccc2cc3c(cc2c1)c1c(-n2c4ccccc4c4ccc5ccccc5c42)cccc1n3-c1nc(-c2ccc3ccc4ccccc4c3c2)c2ccccc2n1. The van der Waals surface area contributed by atoms with Crippen molar-refractivity contribution in [1.29, 1.82) is 0 Å². The molecule has 0 aliphatic heterocycles. The van der Waals surface area contributed by atoms with Crippen molar-refractivity contribution in [1.82, 2.24) is 19.1 Å². The topological polar surface area (TPSA) is 35.6 Å². The van der Waals surface area contributed by atoms with Gasteiger partial charge < -0.3 is 4.57 Å². The molecule has 4 nitrogen and oxygen atoms in total. The van der Waals surface area contributed by atoms with Crippen LogP contribution in [0.25, 0.3) is 120 Å². The molecule has 0 saturated carbocycles. The molecule has 0 radical (unpaired) electrons. The van der Waals surface area contributed by atoms with Gasteiger partial charge in [-0.05, 0) is 80.2 Å². The summed E-state index contributed by atoms with van der Waals surface area (Å²) in [4.78, 5) is 10.9. The van der Waals surface area contributed by atoms with E-state index in [1.807, 2.05) is 0 Å². The molecule has 3 aromatic heterocycles. The van der Waals surface area contributed by atoms with Crippen molar-refractivity contribution in [2.45, 2.75) is 0 Å². The Hall–Kier alpha value is -7.82. The molecule has 0 atom stereocenters. The van der Waals surface area contributed by atoms with Crippen LogP contribution in [-0.4, -0.2) is 19.1 Å². The van der Waals surface area contributed by atoms with Gasteiger partial charge in [0, 0.05) is 37.9 Å². The smallest absolute Gasteiger partial charge is 0.235 e. The van der Waals surface area contributed by atoms with Crippen LogP contribution in [0.1, 0.15) is 0 Å². The summed E-state index contributed by atoms with van der Waals surface area (Å²) < 4.78 is 4.78. The molecule has 4 heteroatoms. The Morgan fingerprint density at radius 1 is 0.328 bits per heavy atom. The summed E-state index contributed by atoms with van der Waals surface area (Å²) in [6.07, 6.45) is 0. The molecule has 58 heavy (non-hydrogen) atoms. The molecule has 268 valence electrons. The van der Waals surface area contributed by atoms with Crippen LogP contribution in [0.3, 0.4) is 0 Å². The van der Waals surface area contributed by atoms with E-state index in [9.17, 15) is 0 Å². The predicted octanol–water partition coefficient (Wildman–Crippen LogP) is 14.1. The van der Waals surface area contributed by atoms with Gasteiger partial charge in [-0.1, -0.05) is 152 Å². The van der Waals surface area contributed by atoms with Crippen LogP contribution < -0.4 is 0 Å². The summed E-state index contributed by atoms with van der Waals surface area (Å²) in [6.45, 7) is 0. The Kier molecular flexibility index (Phi) is 6.41. The zero-order valence-corrected chi connectivity index (χ0v) is 31.3. The number of fused-ring (bicyclic) bond motifs is 13. The Bertz CT molecular complexity index is 3870. The predicted molar refractivity (Wildman–Crippen MR) is 244 cm³/mol. The van der Waals surface area contributed by atoms with E-state index >= 15 is 0 Å². The zero-order valence-electron chi connectivity index (χ0n) is 31.3. The number of rotatable bonds is 3. The van der Waals surface area contributed by atoms with Crippen molar-refractivity contribution < 1.29 is 0 Å². The summed E-state index contributed by atoms with van der Waals surface area (Å²) in [6, 6.07) is 70.3. The number of hydrogen-bond acceptors (Lipinski definition) is 2. The lowest BCUT2D eigenvalue weighted by atomic mass is 9.98. The summed E-state index contributed by atoms with van der Waals surface area (Å²) in [5.41, 5.74) is 8.52. The minimum absolute atomic E-state index is 0.645. The number of hydrogen-bond donors (Lipinski definition) is 0. The summed E-state index contributed by atoms with van der Waals surface area (Å²) in [7, 11) is 0. The van der Waals surface area contributed by atoms with Crippen molar-refractivity contribution in [3.05, 3.63) is 194 Å². The van der Waals surface area contributed by atoms with Crippen LogP contribution >= 0.6 is 0 Å². The number of para-hydroxylation sites is 2. The Morgan fingerprint density at radius 2 is 0.948 bits per heavy atom. The third kappa shape index (κ3) is 4.40. The van der Waals surface area contributed by atoms with Crippen molar-refractivity contribution in [2.24, 2.45) is 0 Å². The van der Waals surface area contributed by atoms with E-state index in [1.54, 1.807) is 0 Å². The van der Waals surface area contributed by atoms with Crippen LogP contribution in [-0.2, 0) is 0 Å². The quantitative estimate of drug-likeness (QED) is 0.169. The molecule has 0 N–H and O–H groups in total.